The van der Waals surface area contributed by atoms with Gasteiger partial charge in [-0.1, -0.05) is 12.1 Å². The number of ether oxygens (including phenoxy) is 4. The number of aryl methyl sites for hydroxylation is 4. The Morgan fingerprint density at radius 2 is 1.04 bits per heavy atom. The Balaban J connectivity index is 0.000000271. The highest BCUT2D eigenvalue weighted by atomic mass is 32.2. The van der Waals surface area contributed by atoms with Crippen LogP contribution in [0.25, 0.3) is 24.6 Å². The van der Waals surface area contributed by atoms with Crippen molar-refractivity contribution in [2.75, 3.05) is 51.5 Å². The summed E-state index contributed by atoms with van der Waals surface area (Å²) in [6.07, 6.45) is 10.9. The summed E-state index contributed by atoms with van der Waals surface area (Å²) in [4.78, 5) is 23.0. The van der Waals surface area contributed by atoms with Crippen molar-refractivity contribution in [3.63, 3.8) is 0 Å². The maximum Gasteiger partial charge on any atom is 0.182 e. The molecule has 2 aromatic heterocycles. The summed E-state index contributed by atoms with van der Waals surface area (Å²) in [5, 5.41) is 0. The van der Waals surface area contributed by atoms with Crippen molar-refractivity contribution < 1.29 is 27.4 Å². The molecule has 0 saturated heterocycles. The van der Waals surface area contributed by atoms with Gasteiger partial charge in [-0.25, -0.2) is 8.42 Å². The molecule has 0 saturated carbocycles. The number of hydrogen-bond donors (Lipinski definition) is 0. The quantitative estimate of drug-likeness (QED) is 0.137. The molecule has 10 nitrogen and oxygen atoms in total. The maximum absolute atomic E-state index is 11.5. The van der Waals surface area contributed by atoms with Crippen molar-refractivity contribution >= 4 is 46.2 Å². The van der Waals surface area contributed by atoms with E-state index in [1.807, 2.05) is 85.6 Å². The second-order valence-electron chi connectivity index (χ2n) is 11.5. The third-order valence-electron chi connectivity index (χ3n) is 7.39. The summed E-state index contributed by atoms with van der Waals surface area (Å²) < 4.78 is 48.4. The smallest absolute Gasteiger partial charge is 0.182 e. The number of benzene rings is 2. The van der Waals surface area contributed by atoms with Crippen molar-refractivity contribution in [1.29, 1.82) is 0 Å². The Bertz CT molecular complexity index is 1990. The fraction of sp³-hybridized carbons (Fsp3) is 0.316. The monoisotopic (exact) mass is 722 g/mol. The van der Waals surface area contributed by atoms with E-state index in [1.54, 1.807) is 55.3 Å². The highest BCUT2D eigenvalue weighted by Gasteiger charge is 2.09. The topological polar surface area (TPSA) is 115 Å². The summed E-state index contributed by atoms with van der Waals surface area (Å²) in [6, 6.07) is 17.7. The SMILES string of the molecule is COc1ccc(/C=C/n2c(C)cc(=O)cc2C)cc1OCCS(C)(=O)=O.COc1ccc(/C=C/n2c(C)cc(=O)cc2C)cc1OCCSC. The van der Waals surface area contributed by atoms with Crippen molar-refractivity contribution in [3.05, 3.63) is 115 Å². The number of thioether (sulfide) groups is 1. The van der Waals surface area contributed by atoms with Gasteiger partial charge in [-0.3, -0.25) is 9.59 Å². The minimum absolute atomic E-state index is 0.0179. The molecule has 0 aliphatic carbocycles. The third kappa shape index (κ3) is 12.3. The summed E-state index contributed by atoms with van der Waals surface area (Å²) in [7, 11) is 0.0754. The fourth-order valence-corrected chi connectivity index (χ4v) is 5.53. The molecule has 4 rings (SSSR count). The zero-order valence-electron chi connectivity index (χ0n) is 29.9. The van der Waals surface area contributed by atoms with Gasteiger partial charge in [0.25, 0.3) is 0 Å². The Hall–Kier alpha value is -4.68. The van der Waals surface area contributed by atoms with E-state index in [1.165, 1.54) is 13.4 Å². The molecule has 0 N–H and O–H groups in total. The highest BCUT2D eigenvalue weighted by molar-refractivity contribution is 7.98. The fourth-order valence-electron chi connectivity index (χ4n) is 4.89. The van der Waals surface area contributed by atoms with Crippen molar-refractivity contribution in [2.24, 2.45) is 0 Å². The molecule has 4 aromatic rings. The van der Waals surface area contributed by atoms with Gasteiger partial charge in [0, 0.05) is 71.4 Å². The number of pyridine rings is 2. The molecule has 12 heteroatoms. The second-order valence-corrected chi connectivity index (χ2v) is 14.7. The molecule has 2 aromatic carbocycles. The molecule has 0 radical (unpaired) electrons. The molecular formula is C38H46N2O8S2. The zero-order valence-corrected chi connectivity index (χ0v) is 31.5. The normalized spacial score (nSPS) is 11.4. The summed E-state index contributed by atoms with van der Waals surface area (Å²) in [5.41, 5.74) is 5.36. The van der Waals surface area contributed by atoms with Crippen LogP contribution in [-0.2, 0) is 9.84 Å². The Morgan fingerprint density at radius 3 is 1.40 bits per heavy atom. The van der Waals surface area contributed by atoms with E-state index in [2.05, 4.69) is 6.26 Å². The minimum atomic E-state index is -3.09. The number of hydrogen-bond acceptors (Lipinski definition) is 9. The van der Waals surface area contributed by atoms with Crippen LogP contribution in [0.1, 0.15) is 33.9 Å². The molecule has 268 valence electrons. The first-order chi connectivity index (χ1) is 23.7. The highest BCUT2D eigenvalue weighted by Crippen LogP contribution is 2.30. The molecular weight excluding hydrogens is 677 g/mol. The maximum atomic E-state index is 11.5. The molecule has 0 amide bonds. The lowest BCUT2D eigenvalue weighted by Crippen LogP contribution is -2.12. The number of nitrogens with zero attached hydrogens (tertiary/aromatic N) is 2. The molecule has 0 aliphatic heterocycles. The van der Waals surface area contributed by atoms with Gasteiger partial charge in [0.1, 0.15) is 6.61 Å². The van der Waals surface area contributed by atoms with Crippen LogP contribution >= 0.6 is 11.8 Å². The second kappa shape index (κ2) is 18.9. The number of aromatic nitrogens is 2. The summed E-state index contributed by atoms with van der Waals surface area (Å²) in [6.45, 7) is 8.27. The lowest BCUT2D eigenvalue weighted by atomic mass is 10.2. The predicted octanol–water partition coefficient (Wildman–Crippen LogP) is 6.37. The molecule has 2 heterocycles. The molecule has 0 unspecified atom stereocenters. The summed E-state index contributed by atoms with van der Waals surface area (Å²) >= 11 is 1.74. The van der Waals surface area contributed by atoms with Gasteiger partial charge >= 0.3 is 0 Å². The van der Waals surface area contributed by atoms with Gasteiger partial charge in [0.05, 0.1) is 26.6 Å². The van der Waals surface area contributed by atoms with Gasteiger partial charge in [0.15, 0.2) is 43.7 Å². The van der Waals surface area contributed by atoms with Crippen LogP contribution in [0, 0.1) is 27.7 Å². The van der Waals surface area contributed by atoms with E-state index in [0.29, 0.717) is 18.1 Å². The molecule has 0 fully saturated rings. The van der Waals surface area contributed by atoms with E-state index < -0.39 is 9.84 Å². The van der Waals surface area contributed by atoms with E-state index in [-0.39, 0.29) is 23.2 Å². The Morgan fingerprint density at radius 1 is 0.640 bits per heavy atom. The third-order valence-corrected chi connectivity index (χ3v) is 8.87. The van der Waals surface area contributed by atoms with E-state index >= 15 is 0 Å². The largest absolute Gasteiger partial charge is 0.493 e. The average molecular weight is 723 g/mol. The minimum Gasteiger partial charge on any atom is -0.493 e. The van der Waals surface area contributed by atoms with Crippen LogP contribution in [0.4, 0.5) is 0 Å². The first-order valence-corrected chi connectivity index (χ1v) is 19.2. The van der Waals surface area contributed by atoms with Gasteiger partial charge in [-0.2, -0.15) is 11.8 Å². The van der Waals surface area contributed by atoms with Crippen molar-refractivity contribution in [3.8, 4) is 23.0 Å². The molecule has 50 heavy (non-hydrogen) atoms. The lowest BCUT2D eigenvalue weighted by molar-refractivity contribution is 0.311. The van der Waals surface area contributed by atoms with E-state index in [0.717, 1.165) is 51.2 Å². The molecule has 0 spiro atoms. The average Bonchev–Trinajstić information content (AvgIpc) is 3.04. The van der Waals surface area contributed by atoms with Crippen LogP contribution in [0.2, 0.25) is 0 Å². The van der Waals surface area contributed by atoms with E-state index in [4.69, 9.17) is 18.9 Å². The first kappa shape index (κ1) is 39.8. The molecule has 0 atom stereocenters. The van der Waals surface area contributed by atoms with Crippen molar-refractivity contribution in [2.45, 2.75) is 27.7 Å². The number of methoxy groups -OCH3 is 2. The Kier molecular flexibility index (Phi) is 15.0. The van der Waals surface area contributed by atoms with Gasteiger partial charge in [-0.05, 0) is 81.5 Å². The number of sulfone groups is 1. The van der Waals surface area contributed by atoms with Crippen LogP contribution in [-0.4, -0.2) is 69.0 Å². The number of rotatable bonds is 14. The molecule has 0 bridgehead atoms. The van der Waals surface area contributed by atoms with Crippen molar-refractivity contribution in [1.82, 2.24) is 9.13 Å². The molecule has 0 aliphatic rings. The first-order valence-electron chi connectivity index (χ1n) is 15.8. The van der Waals surface area contributed by atoms with Gasteiger partial charge in [-0.15, -0.1) is 0 Å². The lowest BCUT2D eigenvalue weighted by Gasteiger charge is -2.12. The standard InChI is InChI=1S/C19H23NO5S.C19H23NO3S/c1-14-11-17(21)12-15(2)20(14)8-7-16-5-6-18(24-3)19(13-16)25-9-10-26(4,22)23;1-14-11-17(21)12-15(2)20(14)8-7-16-5-6-18(22-3)19(13-16)23-9-10-24-4/h5-8,11-13H,9-10H2,1-4H3;5-8,11-13H,9-10H2,1-4H3/b2*8-7+. The van der Waals surface area contributed by atoms with E-state index in [9.17, 15) is 18.0 Å². The zero-order chi connectivity index (χ0) is 36.8. The summed E-state index contributed by atoms with van der Waals surface area (Å²) in [5.74, 6) is 3.34. The van der Waals surface area contributed by atoms with Crippen LogP contribution in [0.5, 0.6) is 23.0 Å². The van der Waals surface area contributed by atoms with Gasteiger partial charge < -0.3 is 28.1 Å². The van der Waals surface area contributed by atoms with Crippen LogP contribution in [0.15, 0.2) is 70.3 Å². The van der Waals surface area contributed by atoms with Crippen LogP contribution in [0.3, 0.4) is 0 Å². The Labute approximate surface area is 298 Å². The predicted molar refractivity (Wildman–Crippen MR) is 206 cm³/mol. The van der Waals surface area contributed by atoms with Crippen LogP contribution < -0.4 is 29.8 Å². The van der Waals surface area contributed by atoms with Gasteiger partial charge in [0.2, 0.25) is 0 Å².